The number of carbonyl (C=O) groups excluding carboxylic acids is 2. The summed E-state index contributed by atoms with van der Waals surface area (Å²) in [5, 5.41) is 1.81. The predicted molar refractivity (Wildman–Crippen MR) is 119 cm³/mol. The van der Waals surface area contributed by atoms with Crippen molar-refractivity contribution in [1.29, 1.82) is 0 Å². The van der Waals surface area contributed by atoms with Gasteiger partial charge in [0.15, 0.2) is 0 Å². The number of nitrogens with two attached hydrogens (primary N) is 1. The van der Waals surface area contributed by atoms with Gasteiger partial charge in [-0.1, -0.05) is 12.1 Å². The van der Waals surface area contributed by atoms with E-state index < -0.39 is 6.04 Å². The number of thiophene rings is 1. The van der Waals surface area contributed by atoms with E-state index in [1.165, 1.54) is 11.3 Å². The standard InChI is InChI=1S/C23H24N2O4S/c1-15(24)23(27)25(14-16-4-8-18(28-2)9-5-16)20-12-13-30-22(20)21(26)17-6-10-19(29-3)11-7-17/h4-13,15H,14,24H2,1-3H3/t15-/m0/s1. The highest BCUT2D eigenvalue weighted by molar-refractivity contribution is 7.13. The van der Waals surface area contributed by atoms with Gasteiger partial charge in [-0.15, -0.1) is 11.3 Å². The molecule has 0 bridgehead atoms. The van der Waals surface area contributed by atoms with E-state index in [9.17, 15) is 9.59 Å². The minimum absolute atomic E-state index is 0.153. The first-order valence-corrected chi connectivity index (χ1v) is 10.3. The Balaban J connectivity index is 1.94. The van der Waals surface area contributed by atoms with Crippen molar-refractivity contribution in [3.8, 4) is 11.5 Å². The van der Waals surface area contributed by atoms with Crippen LogP contribution in [0.1, 0.15) is 27.7 Å². The lowest BCUT2D eigenvalue weighted by molar-refractivity contribution is -0.119. The van der Waals surface area contributed by atoms with Crippen LogP contribution >= 0.6 is 11.3 Å². The van der Waals surface area contributed by atoms with Crippen LogP contribution in [-0.2, 0) is 11.3 Å². The van der Waals surface area contributed by atoms with Crippen LogP contribution in [-0.4, -0.2) is 32.0 Å². The maximum absolute atomic E-state index is 13.1. The van der Waals surface area contributed by atoms with Crippen LogP contribution in [0.15, 0.2) is 60.0 Å². The van der Waals surface area contributed by atoms with Crippen molar-refractivity contribution >= 4 is 28.7 Å². The molecule has 0 aliphatic rings. The zero-order valence-corrected chi connectivity index (χ0v) is 17.9. The molecule has 30 heavy (non-hydrogen) atoms. The number of amides is 1. The van der Waals surface area contributed by atoms with Gasteiger partial charge in [-0.05, 0) is 60.3 Å². The number of benzene rings is 2. The highest BCUT2D eigenvalue weighted by atomic mass is 32.1. The van der Waals surface area contributed by atoms with Crippen molar-refractivity contribution in [3.63, 3.8) is 0 Å². The third-order valence-corrected chi connectivity index (χ3v) is 5.55. The van der Waals surface area contributed by atoms with E-state index in [2.05, 4.69) is 0 Å². The SMILES string of the molecule is COc1ccc(CN(C(=O)[C@H](C)N)c2ccsc2C(=O)c2ccc(OC)cc2)cc1. The van der Waals surface area contributed by atoms with Crippen LogP contribution in [0.5, 0.6) is 11.5 Å². The molecule has 0 saturated carbocycles. The number of methoxy groups -OCH3 is 2. The van der Waals surface area contributed by atoms with Crippen LogP contribution in [0, 0.1) is 0 Å². The minimum Gasteiger partial charge on any atom is -0.497 e. The minimum atomic E-state index is -0.702. The number of carbonyl (C=O) groups is 2. The molecule has 0 unspecified atom stereocenters. The zero-order chi connectivity index (χ0) is 21.7. The summed E-state index contributed by atoms with van der Waals surface area (Å²) in [6, 6.07) is 15.4. The fraction of sp³-hybridized carbons (Fsp3) is 0.217. The molecule has 1 heterocycles. The van der Waals surface area contributed by atoms with E-state index in [1.54, 1.807) is 56.4 Å². The molecule has 0 aliphatic carbocycles. The molecule has 2 N–H and O–H groups in total. The van der Waals surface area contributed by atoms with E-state index >= 15 is 0 Å². The monoisotopic (exact) mass is 424 g/mol. The molecule has 0 radical (unpaired) electrons. The fourth-order valence-corrected chi connectivity index (χ4v) is 3.86. The Labute approximate surface area is 179 Å². The molecule has 6 nitrogen and oxygen atoms in total. The predicted octanol–water partition coefficient (Wildman–Crippen LogP) is 3.88. The van der Waals surface area contributed by atoms with Gasteiger partial charge in [0.2, 0.25) is 11.7 Å². The highest BCUT2D eigenvalue weighted by Crippen LogP contribution is 2.31. The Morgan fingerprint density at radius 2 is 1.53 bits per heavy atom. The first-order chi connectivity index (χ1) is 14.4. The van der Waals surface area contributed by atoms with Gasteiger partial charge in [0.25, 0.3) is 0 Å². The number of ether oxygens (including phenoxy) is 2. The van der Waals surface area contributed by atoms with Crippen molar-refractivity contribution in [2.45, 2.75) is 19.5 Å². The zero-order valence-electron chi connectivity index (χ0n) is 17.1. The van der Waals surface area contributed by atoms with Crippen LogP contribution in [0.4, 0.5) is 5.69 Å². The quantitative estimate of drug-likeness (QED) is 0.555. The van der Waals surface area contributed by atoms with E-state index in [0.29, 0.717) is 28.4 Å². The number of hydrogen-bond donors (Lipinski definition) is 1. The number of rotatable bonds is 8. The number of nitrogens with zero attached hydrogens (tertiary/aromatic N) is 1. The normalized spacial score (nSPS) is 11.6. The summed E-state index contributed by atoms with van der Waals surface area (Å²) in [5.41, 5.74) is 7.89. The van der Waals surface area contributed by atoms with E-state index in [4.69, 9.17) is 15.2 Å². The van der Waals surface area contributed by atoms with Gasteiger partial charge in [-0.2, -0.15) is 0 Å². The first-order valence-electron chi connectivity index (χ1n) is 9.40. The van der Waals surface area contributed by atoms with Crippen molar-refractivity contribution in [2.24, 2.45) is 5.73 Å². The number of hydrogen-bond acceptors (Lipinski definition) is 6. The summed E-state index contributed by atoms with van der Waals surface area (Å²) in [7, 11) is 3.17. The third-order valence-electron chi connectivity index (χ3n) is 4.65. The highest BCUT2D eigenvalue weighted by Gasteiger charge is 2.26. The van der Waals surface area contributed by atoms with Crippen LogP contribution in [0.25, 0.3) is 0 Å². The Morgan fingerprint density at radius 3 is 2.07 bits per heavy atom. The smallest absolute Gasteiger partial charge is 0.243 e. The summed E-state index contributed by atoms with van der Waals surface area (Å²) >= 11 is 1.30. The lowest BCUT2D eigenvalue weighted by Gasteiger charge is -2.25. The summed E-state index contributed by atoms with van der Waals surface area (Å²) in [6.45, 7) is 1.94. The summed E-state index contributed by atoms with van der Waals surface area (Å²) < 4.78 is 10.4. The molecule has 1 aromatic heterocycles. The summed E-state index contributed by atoms with van der Waals surface area (Å²) in [5.74, 6) is 0.994. The molecule has 156 valence electrons. The average Bonchev–Trinajstić information content (AvgIpc) is 3.26. The molecule has 0 saturated heterocycles. The van der Waals surface area contributed by atoms with Crippen molar-refractivity contribution in [2.75, 3.05) is 19.1 Å². The molecule has 2 aromatic carbocycles. The van der Waals surface area contributed by atoms with Crippen LogP contribution in [0.3, 0.4) is 0 Å². The van der Waals surface area contributed by atoms with Crippen LogP contribution in [0.2, 0.25) is 0 Å². The van der Waals surface area contributed by atoms with Gasteiger partial charge in [0.05, 0.1) is 37.4 Å². The van der Waals surface area contributed by atoms with Gasteiger partial charge in [-0.3, -0.25) is 9.59 Å². The molecule has 1 atom stereocenters. The van der Waals surface area contributed by atoms with Crippen LogP contribution < -0.4 is 20.1 Å². The molecule has 0 fully saturated rings. The summed E-state index contributed by atoms with van der Waals surface area (Å²) in [6.07, 6.45) is 0. The Bertz CT molecular complexity index is 1010. The van der Waals surface area contributed by atoms with E-state index in [-0.39, 0.29) is 11.7 Å². The second-order valence-corrected chi connectivity index (χ2v) is 7.67. The van der Waals surface area contributed by atoms with Gasteiger partial charge >= 0.3 is 0 Å². The topological polar surface area (TPSA) is 81.9 Å². The van der Waals surface area contributed by atoms with E-state index in [1.807, 2.05) is 29.6 Å². The second kappa shape index (κ2) is 9.56. The van der Waals surface area contributed by atoms with E-state index in [0.717, 1.165) is 11.3 Å². The molecule has 1 amide bonds. The molecular formula is C23H24N2O4S. The largest absolute Gasteiger partial charge is 0.497 e. The third kappa shape index (κ3) is 4.69. The van der Waals surface area contributed by atoms with Gasteiger partial charge in [0.1, 0.15) is 11.5 Å². The Hall–Kier alpha value is -3.16. The molecule has 7 heteroatoms. The Morgan fingerprint density at radius 1 is 0.967 bits per heavy atom. The van der Waals surface area contributed by atoms with Crippen molar-refractivity contribution < 1.29 is 19.1 Å². The number of ketones is 1. The Kier molecular flexibility index (Phi) is 6.87. The average molecular weight is 425 g/mol. The molecule has 3 aromatic rings. The molecule has 0 aliphatic heterocycles. The number of anilines is 1. The second-order valence-electron chi connectivity index (χ2n) is 6.75. The van der Waals surface area contributed by atoms with Gasteiger partial charge in [-0.25, -0.2) is 0 Å². The maximum atomic E-state index is 13.1. The van der Waals surface area contributed by atoms with Gasteiger partial charge < -0.3 is 20.1 Å². The molecule has 3 rings (SSSR count). The fourth-order valence-electron chi connectivity index (χ4n) is 3.00. The van der Waals surface area contributed by atoms with Crippen molar-refractivity contribution in [3.05, 3.63) is 76.0 Å². The molecule has 0 spiro atoms. The van der Waals surface area contributed by atoms with Crippen molar-refractivity contribution in [1.82, 2.24) is 0 Å². The van der Waals surface area contributed by atoms with Gasteiger partial charge in [0, 0.05) is 5.56 Å². The first kappa shape index (κ1) is 21.5. The summed E-state index contributed by atoms with van der Waals surface area (Å²) in [4.78, 5) is 28.1. The lowest BCUT2D eigenvalue weighted by atomic mass is 10.1. The maximum Gasteiger partial charge on any atom is 0.243 e. The molecular weight excluding hydrogens is 400 g/mol. The lowest BCUT2D eigenvalue weighted by Crippen LogP contribution is -2.42.